The molecule has 0 saturated carbocycles. The van der Waals surface area contributed by atoms with Gasteiger partial charge < -0.3 is 0 Å². The topological polar surface area (TPSA) is 0 Å². The van der Waals surface area contributed by atoms with Crippen molar-refractivity contribution in [1.29, 1.82) is 0 Å². The van der Waals surface area contributed by atoms with Crippen LogP contribution in [-0.2, 0) is 0 Å². The molecule has 0 spiro atoms. The van der Waals surface area contributed by atoms with Crippen LogP contribution in [0.15, 0.2) is 71.9 Å². The van der Waals surface area contributed by atoms with E-state index >= 15 is 0 Å². The summed E-state index contributed by atoms with van der Waals surface area (Å²) in [6, 6.07) is 0. The van der Waals surface area contributed by atoms with E-state index in [4.69, 9.17) is 0 Å². The van der Waals surface area contributed by atoms with Crippen molar-refractivity contribution in [3.8, 4) is 0 Å². The lowest BCUT2D eigenvalue weighted by molar-refractivity contribution is 0.296. The lowest BCUT2D eigenvalue weighted by Crippen LogP contribution is -2.35. The van der Waals surface area contributed by atoms with Gasteiger partial charge in [-0.3, -0.25) is 0 Å². The third kappa shape index (κ3) is 0.996. The molecule has 0 aromatic heterocycles. The second-order valence-electron chi connectivity index (χ2n) is 5.09. The number of hydrogen-bond donors (Lipinski definition) is 0. The van der Waals surface area contributed by atoms with Crippen LogP contribution in [0.25, 0.3) is 0 Å². The lowest BCUT2D eigenvalue weighted by Gasteiger charge is -2.42. The summed E-state index contributed by atoms with van der Waals surface area (Å²) in [7, 11) is 0. The summed E-state index contributed by atoms with van der Waals surface area (Å²) >= 11 is 0. The fourth-order valence-corrected chi connectivity index (χ4v) is 2.96. The summed E-state index contributed by atoms with van der Waals surface area (Å²) in [6.07, 6.45) is 22.2. The van der Waals surface area contributed by atoms with E-state index in [1.54, 1.807) is 0 Å². The molecular weight excluding hydrogens is 192 g/mol. The zero-order valence-corrected chi connectivity index (χ0v) is 9.77. The van der Waals surface area contributed by atoms with Gasteiger partial charge in [0.05, 0.1) is 0 Å². The van der Waals surface area contributed by atoms with Crippen molar-refractivity contribution >= 4 is 0 Å². The molecule has 0 heterocycles. The first-order chi connectivity index (χ1) is 7.67. The molecule has 80 valence electrons. The fraction of sp³-hybridized carbons (Fsp3) is 0.250. The Morgan fingerprint density at radius 1 is 0.750 bits per heavy atom. The minimum Gasteiger partial charge on any atom is -0.0736 e. The van der Waals surface area contributed by atoms with E-state index in [0.29, 0.717) is 0 Å². The van der Waals surface area contributed by atoms with Gasteiger partial charge in [-0.15, -0.1) is 0 Å². The molecule has 0 unspecified atom stereocenters. The average molecular weight is 208 g/mol. The standard InChI is InChI=1S/C16H16/c1-15-11-5-3-7-13-9-10-14(16(13,15)2)8-4-6-12-15/h3-12H,1-2H3. The Morgan fingerprint density at radius 2 is 1.25 bits per heavy atom. The van der Waals surface area contributed by atoms with Crippen molar-refractivity contribution in [3.05, 3.63) is 71.9 Å². The minimum atomic E-state index is 0.0637. The summed E-state index contributed by atoms with van der Waals surface area (Å²) in [4.78, 5) is 0. The van der Waals surface area contributed by atoms with E-state index in [9.17, 15) is 0 Å². The Hall–Kier alpha value is -1.56. The van der Waals surface area contributed by atoms with E-state index in [1.807, 2.05) is 0 Å². The van der Waals surface area contributed by atoms with E-state index in [1.165, 1.54) is 11.1 Å². The van der Waals surface area contributed by atoms with Crippen molar-refractivity contribution in [3.63, 3.8) is 0 Å². The quantitative estimate of drug-likeness (QED) is 0.562. The van der Waals surface area contributed by atoms with E-state index in [-0.39, 0.29) is 10.8 Å². The van der Waals surface area contributed by atoms with Gasteiger partial charge in [-0.2, -0.15) is 0 Å². The Kier molecular flexibility index (Phi) is 1.79. The van der Waals surface area contributed by atoms with Crippen LogP contribution >= 0.6 is 0 Å². The van der Waals surface area contributed by atoms with Gasteiger partial charge in [-0.1, -0.05) is 74.6 Å². The Bertz CT molecular complexity index is 464. The summed E-state index contributed by atoms with van der Waals surface area (Å²) in [5.41, 5.74) is 2.96. The van der Waals surface area contributed by atoms with Crippen LogP contribution in [0.4, 0.5) is 0 Å². The predicted octanol–water partition coefficient (Wildman–Crippen LogP) is 4.12. The van der Waals surface area contributed by atoms with Crippen molar-refractivity contribution in [2.24, 2.45) is 10.8 Å². The molecule has 0 fully saturated rings. The Labute approximate surface area is 97.1 Å². The average Bonchev–Trinajstić information content (AvgIpc) is 2.46. The minimum absolute atomic E-state index is 0.0637. The molecule has 3 rings (SSSR count). The van der Waals surface area contributed by atoms with Crippen molar-refractivity contribution in [1.82, 2.24) is 0 Å². The summed E-state index contributed by atoms with van der Waals surface area (Å²) in [6.45, 7) is 4.66. The Balaban J connectivity index is 2.30. The molecule has 0 nitrogen and oxygen atoms in total. The second-order valence-corrected chi connectivity index (χ2v) is 5.09. The molecule has 0 atom stereocenters. The normalized spacial score (nSPS) is 38.9. The van der Waals surface area contributed by atoms with E-state index in [0.717, 1.165) is 0 Å². The smallest absolute Gasteiger partial charge is 0.0297 e. The van der Waals surface area contributed by atoms with Crippen LogP contribution < -0.4 is 0 Å². The van der Waals surface area contributed by atoms with Crippen LogP contribution in [0.3, 0.4) is 0 Å². The molecule has 0 heteroatoms. The first-order valence-corrected chi connectivity index (χ1v) is 5.82. The maximum atomic E-state index is 2.34. The first kappa shape index (κ1) is 9.65. The maximum Gasteiger partial charge on any atom is 0.0297 e. The molecule has 0 aromatic rings. The van der Waals surface area contributed by atoms with Gasteiger partial charge in [0.1, 0.15) is 0 Å². The lowest BCUT2D eigenvalue weighted by atomic mass is 9.60. The molecule has 16 heavy (non-hydrogen) atoms. The van der Waals surface area contributed by atoms with Crippen LogP contribution in [0, 0.1) is 10.8 Å². The molecule has 3 aliphatic carbocycles. The Morgan fingerprint density at radius 3 is 1.75 bits per heavy atom. The number of allylic oxidation sites excluding steroid dienone is 12. The van der Waals surface area contributed by atoms with Gasteiger partial charge in [-0.25, -0.2) is 0 Å². The number of hydrogen-bond acceptors (Lipinski definition) is 0. The zero-order chi connectivity index (χ0) is 11.2. The van der Waals surface area contributed by atoms with Crippen molar-refractivity contribution in [2.45, 2.75) is 13.8 Å². The van der Waals surface area contributed by atoms with Gasteiger partial charge in [0.15, 0.2) is 0 Å². The van der Waals surface area contributed by atoms with Crippen LogP contribution in [0.1, 0.15) is 13.8 Å². The zero-order valence-electron chi connectivity index (χ0n) is 9.77. The molecule has 0 bridgehead atoms. The van der Waals surface area contributed by atoms with E-state index < -0.39 is 0 Å². The fourth-order valence-electron chi connectivity index (χ4n) is 2.96. The third-order valence-corrected chi connectivity index (χ3v) is 4.33. The van der Waals surface area contributed by atoms with E-state index in [2.05, 4.69) is 74.6 Å². The molecule has 0 aromatic carbocycles. The molecule has 0 radical (unpaired) electrons. The van der Waals surface area contributed by atoms with Crippen LogP contribution in [0.5, 0.6) is 0 Å². The molecule has 3 aliphatic rings. The van der Waals surface area contributed by atoms with Crippen LogP contribution in [-0.4, -0.2) is 0 Å². The monoisotopic (exact) mass is 208 g/mol. The molecule has 0 amide bonds. The SMILES string of the molecule is CC12C=CC=CC3=CC=C(C=CC=C1)C32C. The molecule has 0 saturated heterocycles. The first-order valence-electron chi connectivity index (χ1n) is 5.82. The maximum absolute atomic E-state index is 2.34. The number of rotatable bonds is 0. The largest absolute Gasteiger partial charge is 0.0736 e. The second kappa shape index (κ2) is 2.98. The molecule has 0 N–H and O–H groups in total. The highest BCUT2D eigenvalue weighted by molar-refractivity contribution is 5.57. The summed E-state index contributed by atoms with van der Waals surface area (Å²) < 4.78 is 0. The van der Waals surface area contributed by atoms with Gasteiger partial charge in [0.2, 0.25) is 0 Å². The third-order valence-electron chi connectivity index (χ3n) is 4.33. The summed E-state index contributed by atoms with van der Waals surface area (Å²) in [5.74, 6) is 0. The van der Waals surface area contributed by atoms with Gasteiger partial charge in [0.25, 0.3) is 0 Å². The van der Waals surface area contributed by atoms with Gasteiger partial charge in [-0.05, 0) is 11.1 Å². The predicted molar refractivity (Wildman–Crippen MR) is 68.9 cm³/mol. The van der Waals surface area contributed by atoms with Gasteiger partial charge >= 0.3 is 0 Å². The van der Waals surface area contributed by atoms with Crippen molar-refractivity contribution in [2.75, 3.05) is 0 Å². The van der Waals surface area contributed by atoms with Crippen molar-refractivity contribution < 1.29 is 0 Å². The highest BCUT2D eigenvalue weighted by Crippen LogP contribution is 2.57. The highest BCUT2D eigenvalue weighted by Gasteiger charge is 2.47. The highest BCUT2D eigenvalue weighted by atomic mass is 14.5. The summed E-state index contributed by atoms with van der Waals surface area (Å²) in [5, 5.41) is 0. The van der Waals surface area contributed by atoms with Crippen LogP contribution in [0.2, 0.25) is 0 Å². The van der Waals surface area contributed by atoms with Gasteiger partial charge in [0, 0.05) is 10.8 Å². The molecular formula is C16H16. The molecule has 0 aliphatic heterocycles.